The van der Waals surface area contributed by atoms with E-state index in [1.54, 1.807) is 0 Å². The van der Waals surface area contributed by atoms with Crippen LogP contribution < -0.4 is 0 Å². The van der Waals surface area contributed by atoms with Gasteiger partial charge in [-0.2, -0.15) is 4.68 Å². The SMILES string of the molecule is CCc1cccc(C)c1-n1nnnc1C1(N2CCOCC2)CCC(C)CC1. The fourth-order valence-corrected chi connectivity index (χ4v) is 4.85. The van der Waals surface area contributed by atoms with E-state index in [0.29, 0.717) is 0 Å². The number of aryl methyl sites for hydroxylation is 2. The van der Waals surface area contributed by atoms with Crippen molar-refractivity contribution >= 4 is 0 Å². The number of para-hydroxylation sites is 1. The van der Waals surface area contributed by atoms with Crippen LogP contribution >= 0.6 is 0 Å². The lowest BCUT2D eigenvalue weighted by Crippen LogP contribution is -2.54. The molecule has 1 aliphatic heterocycles. The van der Waals surface area contributed by atoms with Crippen molar-refractivity contribution in [3.05, 3.63) is 35.2 Å². The summed E-state index contributed by atoms with van der Waals surface area (Å²) in [5.41, 5.74) is 3.59. The van der Waals surface area contributed by atoms with Crippen molar-refractivity contribution in [2.45, 2.75) is 58.4 Å². The molecule has 0 amide bonds. The number of hydrogen-bond donors (Lipinski definition) is 0. The van der Waals surface area contributed by atoms with Crippen molar-refractivity contribution in [1.29, 1.82) is 0 Å². The minimum Gasteiger partial charge on any atom is -0.379 e. The molecule has 4 rings (SSSR count). The quantitative estimate of drug-likeness (QED) is 0.828. The summed E-state index contributed by atoms with van der Waals surface area (Å²) in [5.74, 6) is 1.79. The zero-order valence-electron chi connectivity index (χ0n) is 16.8. The first-order chi connectivity index (χ1) is 13.2. The van der Waals surface area contributed by atoms with Crippen molar-refractivity contribution in [2.24, 2.45) is 5.92 Å². The van der Waals surface area contributed by atoms with E-state index in [-0.39, 0.29) is 5.54 Å². The normalized spacial score (nSPS) is 27.0. The number of morpholine rings is 1. The summed E-state index contributed by atoms with van der Waals surface area (Å²) in [6.07, 6.45) is 5.64. The molecule has 0 N–H and O–H groups in total. The van der Waals surface area contributed by atoms with Gasteiger partial charge in [-0.15, -0.1) is 5.10 Å². The number of benzene rings is 1. The van der Waals surface area contributed by atoms with Gasteiger partial charge in [-0.25, -0.2) is 0 Å². The molecule has 2 aromatic rings. The molecule has 1 aromatic heterocycles. The minimum absolute atomic E-state index is 0.0902. The van der Waals surface area contributed by atoms with Crippen molar-refractivity contribution in [3.63, 3.8) is 0 Å². The van der Waals surface area contributed by atoms with Crippen LogP contribution in [0.2, 0.25) is 0 Å². The van der Waals surface area contributed by atoms with Gasteiger partial charge in [0, 0.05) is 13.1 Å². The second kappa shape index (κ2) is 7.68. The van der Waals surface area contributed by atoms with Crippen molar-refractivity contribution < 1.29 is 4.74 Å². The van der Waals surface area contributed by atoms with Gasteiger partial charge in [-0.3, -0.25) is 4.90 Å². The molecule has 0 radical (unpaired) electrons. The van der Waals surface area contributed by atoms with Gasteiger partial charge >= 0.3 is 0 Å². The maximum absolute atomic E-state index is 5.64. The molecule has 2 fully saturated rings. The second-order valence-corrected chi connectivity index (χ2v) is 8.16. The number of aromatic nitrogens is 4. The topological polar surface area (TPSA) is 56.1 Å². The highest BCUT2D eigenvalue weighted by molar-refractivity contribution is 5.48. The van der Waals surface area contributed by atoms with Gasteiger partial charge in [0.1, 0.15) is 0 Å². The molecule has 0 spiro atoms. The van der Waals surface area contributed by atoms with Crippen molar-refractivity contribution in [3.8, 4) is 5.69 Å². The molecule has 1 aliphatic carbocycles. The first-order valence-corrected chi connectivity index (χ1v) is 10.4. The third-order valence-corrected chi connectivity index (χ3v) is 6.52. The summed E-state index contributed by atoms with van der Waals surface area (Å²) in [5, 5.41) is 13.3. The highest BCUT2D eigenvalue weighted by Crippen LogP contribution is 2.44. The Morgan fingerprint density at radius 3 is 2.63 bits per heavy atom. The van der Waals surface area contributed by atoms with Crippen LogP contribution in [0.5, 0.6) is 0 Å². The first-order valence-electron chi connectivity index (χ1n) is 10.4. The molecule has 6 nitrogen and oxygen atoms in total. The maximum atomic E-state index is 5.64. The van der Waals surface area contributed by atoms with Gasteiger partial charge in [0.15, 0.2) is 5.82 Å². The van der Waals surface area contributed by atoms with E-state index < -0.39 is 0 Å². The molecule has 1 saturated heterocycles. The molecule has 27 heavy (non-hydrogen) atoms. The van der Waals surface area contributed by atoms with Gasteiger partial charge in [0.05, 0.1) is 24.4 Å². The van der Waals surface area contributed by atoms with Crippen LogP contribution in [-0.4, -0.2) is 51.4 Å². The van der Waals surface area contributed by atoms with Crippen LogP contribution in [0.1, 0.15) is 56.5 Å². The fourth-order valence-electron chi connectivity index (χ4n) is 4.85. The Morgan fingerprint density at radius 2 is 1.93 bits per heavy atom. The summed E-state index contributed by atoms with van der Waals surface area (Å²) >= 11 is 0. The summed E-state index contributed by atoms with van der Waals surface area (Å²) in [7, 11) is 0. The van der Waals surface area contributed by atoms with Crippen LogP contribution in [0.25, 0.3) is 5.69 Å². The summed E-state index contributed by atoms with van der Waals surface area (Å²) in [4.78, 5) is 2.59. The average Bonchev–Trinajstić information content (AvgIpc) is 3.19. The number of rotatable bonds is 4. The Balaban J connectivity index is 1.83. The third-order valence-electron chi connectivity index (χ3n) is 6.52. The van der Waals surface area contributed by atoms with E-state index in [9.17, 15) is 0 Å². The molecule has 2 heterocycles. The molecular weight excluding hydrogens is 338 g/mol. The Labute approximate surface area is 161 Å². The van der Waals surface area contributed by atoms with Gasteiger partial charge in [0.25, 0.3) is 0 Å². The average molecular weight is 370 g/mol. The van der Waals surface area contributed by atoms with Gasteiger partial charge in [0.2, 0.25) is 0 Å². The third kappa shape index (κ3) is 3.29. The number of ether oxygens (including phenoxy) is 1. The predicted molar refractivity (Wildman–Crippen MR) is 105 cm³/mol. The van der Waals surface area contributed by atoms with Gasteiger partial charge in [-0.05, 0) is 66.5 Å². The summed E-state index contributed by atoms with van der Waals surface area (Å²) in [6.45, 7) is 10.2. The predicted octanol–water partition coefficient (Wildman–Crippen LogP) is 3.27. The summed E-state index contributed by atoms with van der Waals surface area (Å²) in [6, 6.07) is 6.48. The van der Waals surface area contributed by atoms with E-state index in [0.717, 1.165) is 63.0 Å². The zero-order chi connectivity index (χ0) is 18.9. The van der Waals surface area contributed by atoms with Crippen molar-refractivity contribution in [2.75, 3.05) is 26.3 Å². The highest BCUT2D eigenvalue weighted by atomic mass is 16.5. The van der Waals surface area contributed by atoms with E-state index in [2.05, 4.69) is 59.4 Å². The highest BCUT2D eigenvalue weighted by Gasteiger charge is 2.46. The standard InChI is InChI=1S/C21H31N5O/c1-4-18-7-5-6-17(3)19(18)26-20(22-23-24-26)21(10-8-16(2)9-11-21)25-12-14-27-15-13-25/h5-7,16H,4,8-15H2,1-3H3. The second-order valence-electron chi connectivity index (χ2n) is 8.16. The Hall–Kier alpha value is -1.79. The number of hydrogen-bond acceptors (Lipinski definition) is 5. The molecular formula is C21H31N5O. The minimum atomic E-state index is -0.0902. The Bertz CT molecular complexity index is 773. The van der Waals surface area contributed by atoms with E-state index in [1.807, 2.05) is 4.68 Å². The molecule has 6 heteroatoms. The molecule has 0 atom stereocenters. The lowest BCUT2D eigenvalue weighted by molar-refractivity contribution is -0.0499. The van der Waals surface area contributed by atoms with E-state index in [1.165, 1.54) is 24.0 Å². The monoisotopic (exact) mass is 369 g/mol. The van der Waals surface area contributed by atoms with E-state index >= 15 is 0 Å². The summed E-state index contributed by atoms with van der Waals surface area (Å²) < 4.78 is 7.69. The largest absolute Gasteiger partial charge is 0.379 e. The van der Waals surface area contributed by atoms with Crippen LogP contribution in [0, 0.1) is 12.8 Å². The first kappa shape index (κ1) is 18.6. The Kier molecular flexibility index (Phi) is 5.28. The van der Waals surface area contributed by atoms with Crippen LogP contribution in [0.3, 0.4) is 0 Å². The fraction of sp³-hybridized carbons (Fsp3) is 0.667. The number of tetrazole rings is 1. The smallest absolute Gasteiger partial charge is 0.176 e. The lowest BCUT2D eigenvalue weighted by Gasteiger charge is -2.48. The molecule has 1 saturated carbocycles. The van der Waals surface area contributed by atoms with Crippen LogP contribution in [-0.2, 0) is 16.7 Å². The molecule has 0 bridgehead atoms. The van der Waals surface area contributed by atoms with Crippen molar-refractivity contribution in [1.82, 2.24) is 25.1 Å². The zero-order valence-corrected chi connectivity index (χ0v) is 16.8. The molecule has 2 aliphatic rings. The molecule has 146 valence electrons. The van der Waals surface area contributed by atoms with E-state index in [4.69, 9.17) is 4.74 Å². The molecule has 1 aromatic carbocycles. The van der Waals surface area contributed by atoms with Gasteiger partial charge < -0.3 is 4.74 Å². The van der Waals surface area contributed by atoms with Gasteiger partial charge in [-0.1, -0.05) is 32.0 Å². The number of nitrogens with zero attached hydrogens (tertiary/aromatic N) is 5. The Morgan fingerprint density at radius 1 is 1.19 bits per heavy atom. The van der Waals surface area contributed by atoms with Crippen LogP contribution in [0.4, 0.5) is 0 Å². The maximum Gasteiger partial charge on any atom is 0.176 e. The van der Waals surface area contributed by atoms with Crippen LogP contribution in [0.15, 0.2) is 18.2 Å². The molecule has 0 unspecified atom stereocenters. The lowest BCUT2D eigenvalue weighted by atomic mass is 9.75.